The van der Waals surface area contributed by atoms with E-state index in [9.17, 15) is 8.42 Å². The minimum absolute atomic E-state index is 0.190. The van der Waals surface area contributed by atoms with Gasteiger partial charge in [-0.2, -0.15) is 9.29 Å². The first kappa shape index (κ1) is 20.6. The monoisotopic (exact) mass is 408 g/mol. The third-order valence-corrected chi connectivity index (χ3v) is 6.55. The number of nitrogens with zero attached hydrogens (tertiary/aromatic N) is 3. The zero-order valence-corrected chi connectivity index (χ0v) is 17.3. The number of rotatable bonds is 10. The van der Waals surface area contributed by atoms with Gasteiger partial charge in [-0.25, -0.2) is 8.42 Å². The average molecular weight is 409 g/mol. The van der Waals surface area contributed by atoms with E-state index in [2.05, 4.69) is 22.4 Å². The molecule has 0 bridgehead atoms. The number of hydrogen-bond donors (Lipinski definition) is 1. The molecule has 0 radical (unpaired) electrons. The number of unbranched alkanes of at least 4 members (excludes halogenated alkanes) is 1. The van der Waals surface area contributed by atoms with E-state index in [1.54, 1.807) is 18.2 Å². The number of nitrogens with one attached hydrogen (secondary N) is 1. The van der Waals surface area contributed by atoms with Crippen LogP contribution in [0.25, 0.3) is 0 Å². The van der Waals surface area contributed by atoms with Crippen molar-refractivity contribution >= 4 is 15.7 Å². The highest BCUT2D eigenvalue weighted by Crippen LogP contribution is 2.31. The number of benzene rings is 1. The largest absolute Gasteiger partial charge is 0.492 e. The van der Waals surface area contributed by atoms with E-state index < -0.39 is 10.0 Å². The molecule has 0 atom stereocenters. The fraction of sp³-hybridized carbons (Fsp3) is 0.579. The molecule has 0 saturated carbocycles. The smallest absolute Gasteiger partial charge is 0.246 e. The first-order valence-corrected chi connectivity index (χ1v) is 11.3. The number of hydrogen-bond acceptors (Lipinski definition) is 7. The molecule has 154 valence electrons. The highest BCUT2D eigenvalue weighted by Gasteiger charge is 2.30. The molecule has 1 aromatic carbocycles. The first-order chi connectivity index (χ1) is 13.5. The molecule has 1 aromatic heterocycles. The van der Waals surface area contributed by atoms with E-state index in [4.69, 9.17) is 9.26 Å². The van der Waals surface area contributed by atoms with Crippen LogP contribution in [0.3, 0.4) is 0 Å². The van der Waals surface area contributed by atoms with Gasteiger partial charge in [0.2, 0.25) is 15.9 Å². The van der Waals surface area contributed by atoms with Crippen molar-refractivity contribution in [2.75, 3.05) is 25.0 Å². The van der Waals surface area contributed by atoms with E-state index >= 15 is 0 Å². The molecule has 28 heavy (non-hydrogen) atoms. The Bertz CT molecular complexity index is 876. The first-order valence-electron chi connectivity index (χ1n) is 9.87. The number of sulfonamides is 1. The van der Waals surface area contributed by atoms with E-state index in [1.165, 1.54) is 4.31 Å². The second-order valence-corrected chi connectivity index (χ2v) is 8.67. The highest BCUT2D eigenvalue weighted by molar-refractivity contribution is 7.89. The standard InChI is InChI=1S/C19H28N4O4S/c1-3-5-8-18-21-19(27-22-18)14-20-15-9-10-16(26-4-2)17(13-15)28(24,25)23-11-6-7-12-23/h9-10,13,20H,3-8,11-12,14H2,1-2H3. The molecule has 1 saturated heterocycles. The summed E-state index contributed by atoms with van der Waals surface area (Å²) in [5.74, 6) is 1.55. The minimum atomic E-state index is -3.59. The molecular weight excluding hydrogens is 380 g/mol. The second-order valence-electron chi connectivity index (χ2n) is 6.77. The van der Waals surface area contributed by atoms with E-state index in [-0.39, 0.29) is 4.90 Å². The van der Waals surface area contributed by atoms with Gasteiger partial charge in [0.05, 0.1) is 13.2 Å². The lowest BCUT2D eigenvalue weighted by Gasteiger charge is -2.19. The van der Waals surface area contributed by atoms with Crippen LogP contribution in [-0.2, 0) is 23.0 Å². The quantitative estimate of drug-likeness (QED) is 0.644. The maximum atomic E-state index is 13.0. The molecule has 1 fully saturated rings. The highest BCUT2D eigenvalue weighted by atomic mass is 32.2. The summed E-state index contributed by atoms with van der Waals surface area (Å²) >= 11 is 0. The van der Waals surface area contributed by atoms with Gasteiger partial charge in [0.15, 0.2) is 5.82 Å². The molecule has 2 aromatic rings. The number of anilines is 1. The average Bonchev–Trinajstić information content (AvgIpc) is 3.38. The molecule has 2 heterocycles. The molecular formula is C19H28N4O4S. The van der Waals surface area contributed by atoms with Crippen LogP contribution >= 0.6 is 0 Å². The third-order valence-electron chi connectivity index (χ3n) is 4.63. The Balaban J connectivity index is 1.76. The van der Waals surface area contributed by atoms with Crippen molar-refractivity contribution in [2.45, 2.75) is 57.4 Å². The van der Waals surface area contributed by atoms with Gasteiger partial charge in [-0.05, 0) is 44.4 Å². The molecule has 0 spiro atoms. The Labute approximate surface area is 166 Å². The lowest BCUT2D eigenvalue weighted by molar-refractivity contribution is 0.329. The summed E-state index contributed by atoms with van der Waals surface area (Å²) in [4.78, 5) is 4.54. The van der Waals surface area contributed by atoms with Crippen LogP contribution in [0, 0.1) is 0 Å². The Hall–Kier alpha value is -2.13. The van der Waals surface area contributed by atoms with Gasteiger partial charge in [-0.15, -0.1) is 0 Å². The predicted octanol–water partition coefficient (Wildman–Crippen LogP) is 3.21. The molecule has 0 aliphatic carbocycles. The molecule has 8 nitrogen and oxygen atoms in total. The predicted molar refractivity (Wildman–Crippen MR) is 106 cm³/mol. The van der Waals surface area contributed by atoms with Crippen LogP contribution in [0.4, 0.5) is 5.69 Å². The molecule has 3 rings (SSSR count). The van der Waals surface area contributed by atoms with Crippen LogP contribution in [0.5, 0.6) is 5.75 Å². The maximum Gasteiger partial charge on any atom is 0.246 e. The van der Waals surface area contributed by atoms with Gasteiger partial charge in [0.1, 0.15) is 10.6 Å². The van der Waals surface area contributed by atoms with Crippen molar-refractivity contribution in [2.24, 2.45) is 0 Å². The SMILES string of the molecule is CCCCc1noc(CNc2ccc(OCC)c(S(=O)(=O)N3CCCC3)c2)n1. The number of ether oxygens (including phenoxy) is 1. The van der Waals surface area contributed by atoms with Gasteiger partial charge in [0.25, 0.3) is 0 Å². The van der Waals surface area contributed by atoms with Crippen LogP contribution < -0.4 is 10.1 Å². The van der Waals surface area contributed by atoms with Crippen LogP contribution in [0.1, 0.15) is 51.2 Å². The van der Waals surface area contributed by atoms with E-state index in [0.717, 1.165) is 32.1 Å². The Morgan fingerprint density at radius 3 is 2.75 bits per heavy atom. The topological polar surface area (TPSA) is 97.6 Å². The van der Waals surface area contributed by atoms with Crippen molar-refractivity contribution in [1.82, 2.24) is 14.4 Å². The Morgan fingerprint density at radius 1 is 1.25 bits per heavy atom. The maximum absolute atomic E-state index is 13.0. The zero-order chi connectivity index (χ0) is 20.0. The van der Waals surface area contributed by atoms with Crippen LogP contribution in [0.2, 0.25) is 0 Å². The second kappa shape index (κ2) is 9.38. The summed E-state index contributed by atoms with van der Waals surface area (Å²) in [6.07, 6.45) is 4.66. The molecule has 1 aliphatic rings. The van der Waals surface area contributed by atoms with Gasteiger partial charge >= 0.3 is 0 Å². The molecule has 1 aliphatic heterocycles. The van der Waals surface area contributed by atoms with Gasteiger partial charge in [0, 0.05) is 25.2 Å². The Morgan fingerprint density at radius 2 is 2.04 bits per heavy atom. The van der Waals surface area contributed by atoms with E-state index in [1.807, 2.05) is 6.92 Å². The molecule has 9 heteroatoms. The van der Waals surface area contributed by atoms with Crippen LogP contribution in [-0.4, -0.2) is 42.6 Å². The minimum Gasteiger partial charge on any atom is -0.492 e. The van der Waals surface area contributed by atoms with Crippen molar-refractivity contribution in [3.8, 4) is 5.75 Å². The fourth-order valence-corrected chi connectivity index (χ4v) is 4.81. The summed E-state index contributed by atoms with van der Waals surface area (Å²) in [5, 5.41) is 7.13. The van der Waals surface area contributed by atoms with Crippen molar-refractivity contribution in [1.29, 1.82) is 0 Å². The lowest BCUT2D eigenvalue weighted by atomic mass is 10.2. The summed E-state index contributed by atoms with van der Waals surface area (Å²) in [7, 11) is -3.59. The normalized spacial score (nSPS) is 15.1. The van der Waals surface area contributed by atoms with Crippen molar-refractivity contribution < 1.29 is 17.7 Å². The summed E-state index contributed by atoms with van der Waals surface area (Å²) < 4.78 is 38.4. The van der Waals surface area contributed by atoms with Crippen molar-refractivity contribution in [3.63, 3.8) is 0 Å². The van der Waals surface area contributed by atoms with Crippen LogP contribution in [0.15, 0.2) is 27.6 Å². The number of aryl methyl sites for hydroxylation is 1. The molecule has 0 amide bonds. The van der Waals surface area contributed by atoms with Crippen molar-refractivity contribution in [3.05, 3.63) is 29.9 Å². The number of aromatic nitrogens is 2. The lowest BCUT2D eigenvalue weighted by Crippen LogP contribution is -2.28. The summed E-state index contributed by atoms with van der Waals surface area (Å²) in [6.45, 7) is 5.78. The summed E-state index contributed by atoms with van der Waals surface area (Å²) in [6, 6.07) is 5.10. The third kappa shape index (κ3) is 4.82. The van der Waals surface area contributed by atoms with Gasteiger partial charge in [-0.3, -0.25) is 0 Å². The zero-order valence-electron chi connectivity index (χ0n) is 16.5. The summed E-state index contributed by atoms with van der Waals surface area (Å²) in [5.41, 5.74) is 0.662. The molecule has 0 unspecified atom stereocenters. The van der Waals surface area contributed by atoms with Gasteiger partial charge in [-0.1, -0.05) is 18.5 Å². The molecule has 1 N–H and O–H groups in total. The van der Waals surface area contributed by atoms with Gasteiger partial charge < -0.3 is 14.6 Å². The van der Waals surface area contributed by atoms with E-state index in [0.29, 0.717) is 49.4 Å². The fourth-order valence-electron chi connectivity index (χ4n) is 3.14. The Kier molecular flexibility index (Phi) is 6.90.